The van der Waals surface area contributed by atoms with Gasteiger partial charge in [-0.05, 0) is 69.3 Å². The summed E-state index contributed by atoms with van der Waals surface area (Å²) < 4.78 is 47.9. The van der Waals surface area contributed by atoms with Gasteiger partial charge in [-0.15, -0.1) is 0 Å². The first-order chi connectivity index (χ1) is 17.8. The molecule has 3 aromatic rings. The smallest absolute Gasteiger partial charge is 0.165 e. The number of methoxy groups -OCH3 is 1. The maximum absolute atomic E-state index is 15.0. The summed E-state index contributed by atoms with van der Waals surface area (Å²) >= 11 is 0. The lowest BCUT2D eigenvalue weighted by atomic mass is 9.80. The quantitative estimate of drug-likeness (QED) is 0.508. The average Bonchev–Trinajstić information content (AvgIpc) is 3.27. The lowest BCUT2D eigenvalue weighted by Crippen LogP contribution is -2.41. The molecule has 5 rings (SSSR count). The fraction of sp³-hybridized carbons (Fsp3) is 0.444. The van der Waals surface area contributed by atoms with Crippen LogP contribution in [0.2, 0.25) is 0 Å². The Labute approximate surface area is 204 Å². The Bertz CT molecular complexity index is 1250. The number of nitrogens with one attached hydrogen (secondary N) is 2. The van der Waals surface area contributed by atoms with Crippen LogP contribution < -0.4 is 25.0 Å². The van der Waals surface area contributed by atoms with Gasteiger partial charge >= 0.3 is 0 Å². The van der Waals surface area contributed by atoms with E-state index in [0.29, 0.717) is 17.5 Å². The highest BCUT2D eigenvalue weighted by Crippen LogP contribution is 2.42. The number of pyridine rings is 1. The number of hydrogen-bond donors (Lipinski definition) is 2. The zero-order valence-corrected chi connectivity index (χ0v) is 19.5. The van der Waals surface area contributed by atoms with E-state index in [1.165, 1.54) is 18.6 Å². The number of fused-ring (bicyclic) bond motifs is 1. The summed E-state index contributed by atoms with van der Waals surface area (Å²) in [7, 11) is -0.879. The van der Waals surface area contributed by atoms with Gasteiger partial charge in [-0.3, -0.25) is 0 Å². The first-order valence-electron chi connectivity index (χ1n) is 13.4. The maximum atomic E-state index is 15.0. The van der Waals surface area contributed by atoms with Crippen LogP contribution in [-0.2, 0) is 0 Å². The minimum absolute atomic E-state index is 0.212. The highest BCUT2D eigenvalue weighted by Gasteiger charge is 2.39. The van der Waals surface area contributed by atoms with Gasteiger partial charge < -0.3 is 25.0 Å². The van der Waals surface area contributed by atoms with Gasteiger partial charge in [0.05, 0.1) is 22.4 Å². The largest absolute Gasteiger partial charge is 0.494 e. The summed E-state index contributed by atoms with van der Waals surface area (Å²) in [6, 6.07) is 12.5. The van der Waals surface area contributed by atoms with Gasteiger partial charge in [0.15, 0.2) is 11.6 Å². The molecular weight excluding hydrogens is 431 g/mol. The maximum Gasteiger partial charge on any atom is 0.165 e. The Hall–Kier alpha value is -2.90. The number of hydrogen-bond acceptors (Lipinski definition) is 6. The lowest BCUT2D eigenvalue weighted by Gasteiger charge is -2.34. The van der Waals surface area contributed by atoms with Gasteiger partial charge in [-0.25, -0.2) is 9.37 Å². The Kier molecular flexibility index (Phi) is 5.57. The molecule has 34 heavy (non-hydrogen) atoms. The third-order valence-electron chi connectivity index (χ3n) is 7.06. The van der Waals surface area contributed by atoms with Crippen molar-refractivity contribution in [3.63, 3.8) is 0 Å². The number of nitrogens with zero attached hydrogens (tertiary/aromatic N) is 2. The summed E-state index contributed by atoms with van der Waals surface area (Å²) in [5, 5.41) is 7.24. The van der Waals surface area contributed by atoms with Crippen LogP contribution in [0.1, 0.15) is 23.4 Å². The van der Waals surface area contributed by atoms with E-state index in [0.717, 1.165) is 68.3 Å². The van der Waals surface area contributed by atoms with E-state index in [4.69, 9.17) is 18.6 Å². The van der Waals surface area contributed by atoms with Crippen LogP contribution >= 0.6 is 0 Å². The van der Waals surface area contributed by atoms with E-state index in [2.05, 4.69) is 15.5 Å². The third kappa shape index (κ3) is 4.55. The third-order valence-corrected chi connectivity index (χ3v) is 7.06. The van der Waals surface area contributed by atoms with Crippen molar-refractivity contribution in [2.45, 2.75) is 19.3 Å². The number of piperidine rings is 1. The van der Waals surface area contributed by atoms with Crippen molar-refractivity contribution in [1.82, 2.24) is 15.6 Å². The number of ether oxygens (including phenoxy) is 2. The van der Waals surface area contributed by atoms with Crippen LogP contribution in [0, 0.1) is 11.2 Å². The van der Waals surface area contributed by atoms with E-state index >= 15 is 4.39 Å². The number of anilines is 1. The van der Waals surface area contributed by atoms with Gasteiger partial charge in [0, 0.05) is 54.3 Å². The van der Waals surface area contributed by atoms with Crippen molar-refractivity contribution in [2.24, 2.45) is 5.41 Å². The molecule has 2 saturated heterocycles. The van der Waals surface area contributed by atoms with Crippen molar-refractivity contribution >= 4 is 16.6 Å². The van der Waals surface area contributed by atoms with Crippen molar-refractivity contribution in [3.05, 3.63) is 48.3 Å². The molecule has 3 heterocycles. The number of benzene rings is 2. The first-order valence-corrected chi connectivity index (χ1v) is 11.9. The van der Waals surface area contributed by atoms with Crippen molar-refractivity contribution < 1.29 is 18.0 Å². The molecule has 0 radical (unpaired) electrons. The fourth-order valence-corrected chi connectivity index (χ4v) is 5.21. The number of likely N-dealkylation sites (N-methyl/N-ethyl adjacent to an activating group) is 1. The monoisotopic (exact) mass is 467 g/mol. The molecular formula is C27H33FN4O2. The van der Waals surface area contributed by atoms with E-state index in [9.17, 15) is 0 Å². The van der Waals surface area contributed by atoms with Crippen molar-refractivity contribution in [2.75, 3.05) is 58.3 Å². The summed E-state index contributed by atoms with van der Waals surface area (Å²) in [6.45, 7) is 5.11. The molecule has 2 fully saturated rings. The molecule has 6 nitrogen and oxygen atoms in total. The second kappa shape index (κ2) is 9.76. The lowest BCUT2D eigenvalue weighted by molar-refractivity contribution is 0.239. The summed E-state index contributed by atoms with van der Waals surface area (Å²) in [4.78, 5) is 7.12. The minimum Gasteiger partial charge on any atom is -0.494 e. The van der Waals surface area contributed by atoms with E-state index in [-0.39, 0.29) is 11.2 Å². The summed E-state index contributed by atoms with van der Waals surface area (Å²) in [5.74, 6) is -0.275. The molecule has 2 N–H and O–H groups in total. The highest BCUT2D eigenvalue weighted by atomic mass is 19.1. The molecule has 2 aromatic carbocycles. The first kappa shape index (κ1) is 19.4. The molecule has 1 atom stereocenters. The number of rotatable bonds is 7. The summed E-state index contributed by atoms with van der Waals surface area (Å²) in [5.41, 5.74) is 3.21. The molecule has 7 heteroatoms. The fourth-order valence-electron chi connectivity index (χ4n) is 5.21. The Morgan fingerprint density at radius 2 is 2.12 bits per heavy atom. The van der Waals surface area contributed by atoms with Crippen LogP contribution in [0.15, 0.2) is 42.5 Å². The minimum atomic E-state index is -2.76. The topological polar surface area (TPSA) is 58.7 Å². The van der Waals surface area contributed by atoms with Crippen molar-refractivity contribution in [3.8, 4) is 22.8 Å². The van der Waals surface area contributed by atoms with Gasteiger partial charge in [-0.2, -0.15) is 0 Å². The van der Waals surface area contributed by atoms with E-state index in [1.54, 1.807) is 0 Å². The Morgan fingerprint density at radius 1 is 1.24 bits per heavy atom. The van der Waals surface area contributed by atoms with Gasteiger partial charge in [0.2, 0.25) is 0 Å². The van der Waals surface area contributed by atoms with Gasteiger partial charge in [0.1, 0.15) is 12.4 Å². The van der Waals surface area contributed by atoms with E-state index < -0.39 is 12.9 Å². The van der Waals surface area contributed by atoms with Crippen LogP contribution in [0.5, 0.6) is 11.5 Å². The second-order valence-corrected chi connectivity index (χ2v) is 9.36. The van der Waals surface area contributed by atoms with Crippen LogP contribution in [-0.4, -0.2) is 58.4 Å². The zero-order valence-electron chi connectivity index (χ0n) is 22.5. The van der Waals surface area contributed by atoms with Crippen LogP contribution in [0.4, 0.5) is 10.1 Å². The molecule has 0 saturated carbocycles. The van der Waals surface area contributed by atoms with E-state index in [1.807, 2.05) is 37.4 Å². The Morgan fingerprint density at radius 3 is 2.88 bits per heavy atom. The highest BCUT2D eigenvalue weighted by molar-refractivity contribution is 5.95. The molecule has 2 aliphatic heterocycles. The standard InChI is InChI=1S/C27H33FN4O2/c1-29-11-13-34-20-6-4-19(5-7-20)23-15-25(21-14-22(28)26(33-2)16-24(21)31-23)32-12-9-27(18-32)8-3-10-30-17-27/h4-7,14-16,29-30H,3,8-13,17-18H2,1-2H3/i2D3. The molecule has 1 spiro atoms. The second-order valence-electron chi connectivity index (χ2n) is 9.36. The molecule has 180 valence electrons. The molecule has 1 unspecified atom stereocenters. The SMILES string of the molecule is [2H]C([2H])([2H])Oc1cc2nc(-c3ccc(OCCNC)cc3)cc(N3CCC4(CCCNC4)C3)c2cc1F. The van der Waals surface area contributed by atoms with Gasteiger partial charge in [0.25, 0.3) is 0 Å². The Balaban J connectivity index is 1.54. The normalized spacial score (nSPS) is 21.9. The predicted octanol–water partition coefficient (Wildman–Crippen LogP) is 4.23. The van der Waals surface area contributed by atoms with Gasteiger partial charge in [-0.1, -0.05) is 0 Å². The molecule has 0 aliphatic carbocycles. The average molecular weight is 468 g/mol. The number of halogens is 1. The van der Waals surface area contributed by atoms with Crippen LogP contribution in [0.25, 0.3) is 22.2 Å². The molecule has 1 aromatic heterocycles. The number of aromatic nitrogens is 1. The van der Waals surface area contributed by atoms with Crippen molar-refractivity contribution in [1.29, 1.82) is 0 Å². The predicted molar refractivity (Wildman–Crippen MR) is 134 cm³/mol. The van der Waals surface area contributed by atoms with Crippen LogP contribution in [0.3, 0.4) is 0 Å². The summed E-state index contributed by atoms with van der Waals surface area (Å²) in [6.07, 6.45) is 3.40. The molecule has 2 aliphatic rings. The zero-order chi connectivity index (χ0) is 26.0. The molecule has 0 bridgehead atoms. The molecule has 0 amide bonds.